The highest BCUT2D eigenvalue weighted by Crippen LogP contribution is 2.20. The average Bonchev–Trinajstić information content (AvgIpc) is 2.98. The summed E-state index contributed by atoms with van der Waals surface area (Å²) < 4.78 is 0. The van der Waals surface area contributed by atoms with Gasteiger partial charge in [0.05, 0.1) is 0 Å². The van der Waals surface area contributed by atoms with Gasteiger partial charge in [0.2, 0.25) is 11.8 Å². The maximum absolute atomic E-state index is 12.3. The van der Waals surface area contributed by atoms with Gasteiger partial charge in [-0.25, -0.2) is 0 Å². The number of benzene rings is 1. The summed E-state index contributed by atoms with van der Waals surface area (Å²) in [6.45, 7) is 5.33. The van der Waals surface area contributed by atoms with Crippen LogP contribution in [0.15, 0.2) is 24.3 Å². The second-order valence-corrected chi connectivity index (χ2v) is 6.57. The number of hydrogen-bond donors (Lipinski definition) is 0. The Balaban J connectivity index is 1.50. The van der Waals surface area contributed by atoms with Gasteiger partial charge in [-0.15, -0.1) is 0 Å². The van der Waals surface area contributed by atoms with E-state index in [1.165, 1.54) is 11.1 Å². The lowest BCUT2D eigenvalue weighted by atomic mass is 9.99. The van der Waals surface area contributed by atoms with E-state index in [2.05, 4.69) is 19.1 Å². The van der Waals surface area contributed by atoms with Crippen molar-refractivity contribution in [2.75, 3.05) is 19.6 Å². The zero-order valence-electron chi connectivity index (χ0n) is 13.3. The molecule has 1 atom stereocenters. The number of hydrogen-bond acceptors (Lipinski definition) is 2. The number of amides is 2. The summed E-state index contributed by atoms with van der Waals surface area (Å²) in [6.07, 6.45) is 2.69. The summed E-state index contributed by atoms with van der Waals surface area (Å²) in [6, 6.07) is 8.29. The van der Waals surface area contributed by atoms with Crippen LogP contribution in [-0.2, 0) is 22.6 Å². The van der Waals surface area contributed by atoms with Crippen molar-refractivity contribution in [2.45, 2.75) is 39.2 Å². The number of nitrogens with zero attached hydrogens (tertiary/aromatic N) is 2. The highest BCUT2D eigenvalue weighted by molar-refractivity contribution is 5.84. The van der Waals surface area contributed by atoms with E-state index in [0.717, 1.165) is 32.5 Å². The molecule has 0 bridgehead atoms. The number of carbonyl (C=O) groups excluding carboxylic acids is 2. The minimum Gasteiger partial charge on any atom is -0.342 e. The van der Waals surface area contributed by atoms with Crippen LogP contribution in [0.2, 0.25) is 0 Å². The summed E-state index contributed by atoms with van der Waals surface area (Å²) >= 11 is 0. The van der Waals surface area contributed by atoms with Crippen molar-refractivity contribution in [3.63, 3.8) is 0 Å². The van der Waals surface area contributed by atoms with Gasteiger partial charge in [0, 0.05) is 39.0 Å². The molecule has 0 aromatic heterocycles. The van der Waals surface area contributed by atoms with Crippen LogP contribution < -0.4 is 0 Å². The Kier molecular flexibility index (Phi) is 4.46. The Bertz CT molecular complexity index is 570. The van der Waals surface area contributed by atoms with Crippen LogP contribution in [0.5, 0.6) is 0 Å². The first kappa shape index (κ1) is 15.1. The second kappa shape index (κ2) is 6.51. The summed E-state index contributed by atoms with van der Waals surface area (Å²) in [4.78, 5) is 28.3. The van der Waals surface area contributed by atoms with Gasteiger partial charge < -0.3 is 9.80 Å². The maximum atomic E-state index is 12.3. The van der Waals surface area contributed by atoms with E-state index in [9.17, 15) is 9.59 Å². The first-order valence-corrected chi connectivity index (χ1v) is 8.26. The molecule has 0 aliphatic carbocycles. The molecule has 2 aliphatic rings. The first-order valence-electron chi connectivity index (χ1n) is 8.26. The van der Waals surface area contributed by atoms with Crippen LogP contribution in [0.1, 0.15) is 37.3 Å². The minimum absolute atomic E-state index is 0.107. The summed E-state index contributed by atoms with van der Waals surface area (Å²) in [5, 5.41) is 0. The smallest absolute Gasteiger partial charge is 0.223 e. The topological polar surface area (TPSA) is 40.6 Å². The monoisotopic (exact) mass is 300 g/mol. The van der Waals surface area contributed by atoms with Crippen molar-refractivity contribution in [3.8, 4) is 0 Å². The fraction of sp³-hybridized carbons (Fsp3) is 0.556. The standard InChI is InChI=1S/C18H24N2O2/c1-14-8-10-19(12-14)17(21)6-7-18(22)20-11-9-15-4-2-3-5-16(15)13-20/h2-5,14H,6-13H2,1H3/t14-/m1/s1. The Morgan fingerprint density at radius 3 is 2.41 bits per heavy atom. The molecule has 0 saturated carbocycles. The fourth-order valence-electron chi connectivity index (χ4n) is 3.40. The van der Waals surface area contributed by atoms with Crippen LogP contribution >= 0.6 is 0 Å². The second-order valence-electron chi connectivity index (χ2n) is 6.57. The molecule has 4 nitrogen and oxygen atoms in total. The molecular formula is C18H24N2O2. The number of carbonyl (C=O) groups is 2. The van der Waals surface area contributed by atoms with Crippen LogP contribution in [0.4, 0.5) is 0 Å². The third-order valence-electron chi connectivity index (χ3n) is 4.81. The molecule has 1 saturated heterocycles. The molecular weight excluding hydrogens is 276 g/mol. The Morgan fingerprint density at radius 2 is 1.73 bits per heavy atom. The van der Waals surface area contributed by atoms with Gasteiger partial charge in [0.25, 0.3) is 0 Å². The lowest BCUT2D eigenvalue weighted by Gasteiger charge is -2.29. The van der Waals surface area contributed by atoms with Crippen LogP contribution in [0.25, 0.3) is 0 Å². The molecule has 0 spiro atoms. The van der Waals surface area contributed by atoms with E-state index in [4.69, 9.17) is 0 Å². The molecule has 1 aromatic rings. The molecule has 0 radical (unpaired) electrons. The predicted octanol–water partition coefficient (Wildman–Crippen LogP) is 2.22. The molecule has 4 heteroatoms. The summed E-state index contributed by atoms with van der Waals surface area (Å²) in [5.41, 5.74) is 2.58. The van der Waals surface area contributed by atoms with Crippen LogP contribution in [-0.4, -0.2) is 41.2 Å². The Morgan fingerprint density at radius 1 is 1.05 bits per heavy atom. The molecule has 2 amide bonds. The SMILES string of the molecule is C[C@@H]1CCN(C(=O)CCC(=O)N2CCc3ccccc3C2)C1. The molecule has 0 unspecified atom stereocenters. The van der Waals surface area contributed by atoms with E-state index < -0.39 is 0 Å². The molecule has 3 rings (SSSR count). The Hall–Kier alpha value is -1.84. The number of likely N-dealkylation sites (tertiary alicyclic amines) is 1. The lowest BCUT2D eigenvalue weighted by molar-refractivity contribution is -0.137. The molecule has 2 heterocycles. The van der Waals surface area contributed by atoms with E-state index in [0.29, 0.717) is 25.3 Å². The van der Waals surface area contributed by atoms with Crippen molar-refractivity contribution in [3.05, 3.63) is 35.4 Å². The maximum Gasteiger partial charge on any atom is 0.223 e. The molecule has 1 fully saturated rings. The van der Waals surface area contributed by atoms with Gasteiger partial charge >= 0.3 is 0 Å². The van der Waals surface area contributed by atoms with Gasteiger partial charge in [0.15, 0.2) is 0 Å². The van der Waals surface area contributed by atoms with Crippen molar-refractivity contribution < 1.29 is 9.59 Å². The fourth-order valence-corrected chi connectivity index (χ4v) is 3.40. The zero-order chi connectivity index (χ0) is 15.5. The van der Waals surface area contributed by atoms with Gasteiger partial charge in [-0.1, -0.05) is 31.2 Å². The van der Waals surface area contributed by atoms with Crippen molar-refractivity contribution >= 4 is 11.8 Å². The lowest BCUT2D eigenvalue weighted by Crippen LogP contribution is -2.37. The number of rotatable bonds is 3. The average molecular weight is 300 g/mol. The van der Waals surface area contributed by atoms with E-state index >= 15 is 0 Å². The summed E-state index contributed by atoms with van der Waals surface area (Å²) in [5.74, 6) is 0.837. The normalized spacial score (nSPS) is 20.9. The molecule has 22 heavy (non-hydrogen) atoms. The predicted molar refractivity (Wildman–Crippen MR) is 85.2 cm³/mol. The minimum atomic E-state index is 0.107. The molecule has 118 valence electrons. The number of fused-ring (bicyclic) bond motifs is 1. The summed E-state index contributed by atoms with van der Waals surface area (Å²) in [7, 11) is 0. The van der Waals surface area contributed by atoms with E-state index in [1.54, 1.807) is 0 Å². The van der Waals surface area contributed by atoms with Gasteiger partial charge in [-0.05, 0) is 29.9 Å². The highest BCUT2D eigenvalue weighted by atomic mass is 16.2. The van der Waals surface area contributed by atoms with Crippen molar-refractivity contribution in [1.82, 2.24) is 9.80 Å². The first-order chi connectivity index (χ1) is 10.6. The Labute approximate surface area is 132 Å². The van der Waals surface area contributed by atoms with Gasteiger partial charge in [0.1, 0.15) is 0 Å². The quantitative estimate of drug-likeness (QED) is 0.859. The van der Waals surface area contributed by atoms with E-state index in [-0.39, 0.29) is 11.8 Å². The van der Waals surface area contributed by atoms with Gasteiger partial charge in [-0.2, -0.15) is 0 Å². The largest absolute Gasteiger partial charge is 0.342 e. The van der Waals surface area contributed by atoms with E-state index in [1.807, 2.05) is 21.9 Å². The molecule has 0 N–H and O–H groups in total. The van der Waals surface area contributed by atoms with Gasteiger partial charge in [-0.3, -0.25) is 9.59 Å². The van der Waals surface area contributed by atoms with Crippen molar-refractivity contribution in [2.24, 2.45) is 5.92 Å². The van der Waals surface area contributed by atoms with Crippen LogP contribution in [0, 0.1) is 5.92 Å². The molecule has 1 aromatic carbocycles. The molecule has 2 aliphatic heterocycles. The third-order valence-corrected chi connectivity index (χ3v) is 4.81. The zero-order valence-corrected chi connectivity index (χ0v) is 13.3. The van der Waals surface area contributed by atoms with Crippen LogP contribution in [0.3, 0.4) is 0 Å². The van der Waals surface area contributed by atoms with Crippen molar-refractivity contribution in [1.29, 1.82) is 0 Å². The highest BCUT2D eigenvalue weighted by Gasteiger charge is 2.25. The third kappa shape index (κ3) is 3.32.